The number of halogens is 4. The number of hydrogen-bond donors (Lipinski definition) is 1. The number of benzene rings is 6. The number of ether oxygens (including phenoxy) is 1. The Hall–Kier alpha value is -7.43. The molecule has 19 heteroatoms. The van der Waals surface area contributed by atoms with E-state index in [2.05, 4.69) is 30.3 Å². The van der Waals surface area contributed by atoms with Gasteiger partial charge in [0.25, 0.3) is 0 Å². The smallest absolute Gasteiger partial charge is 0.352 e. The summed E-state index contributed by atoms with van der Waals surface area (Å²) < 4.78 is 12.1. The Morgan fingerprint density at radius 1 is 0.608 bits per heavy atom. The average Bonchev–Trinajstić information content (AvgIpc) is 4.30. The molecule has 12 rings (SSSR count). The second kappa shape index (κ2) is 18.8. The van der Waals surface area contributed by atoms with Crippen molar-refractivity contribution < 1.29 is 9.53 Å². The molecule has 0 saturated heterocycles. The number of amides is 1. The third-order valence-electron chi connectivity index (χ3n) is 14.6. The third-order valence-corrected chi connectivity index (χ3v) is 15.6. The Labute approximate surface area is 444 Å². The molecule has 0 radical (unpaired) electrons. The first-order valence-corrected chi connectivity index (χ1v) is 25.6. The van der Waals surface area contributed by atoms with Crippen LogP contribution in [0.4, 0.5) is 11.9 Å². The molecule has 2 aromatic heterocycles. The van der Waals surface area contributed by atoms with E-state index in [0.29, 0.717) is 63.4 Å². The second-order valence-corrected chi connectivity index (χ2v) is 20.8. The van der Waals surface area contributed by atoms with Crippen LogP contribution in [0.15, 0.2) is 159 Å². The minimum atomic E-state index is -0.706. The maximum absolute atomic E-state index is 14.5. The number of hydrazone groups is 2. The van der Waals surface area contributed by atoms with Gasteiger partial charge < -0.3 is 10.5 Å². The van der Waals surface area contributed by atoms with E-state index in [9.17, 15) is 14.4 Å². The van der Waals surface area contributed by atoms with Crippen LogP contribution in [0.5, 0.6) is 5.75 Å². The van der Waals surface area contributed by atoms with Crippen molar-refractivity contribution in [2.24, 2.45) is 15.9 Å². The molecular weight excluding hydrogens is 1020 g/mol. The number of aromatic nitrogens is 6. The zero-order chi connectivity index (χ0) is 50.9. The van der Waals surface area contributed by atoms with Crippen molar-refractivity contribution in [1.82, 2.24) is 28.7 Å². The van der Waals surface area contributed by atoms with E-state index in [1.165, 1.54) is 25.1 Å². The highest BCUT2D eigenvalue weighted by atomic mass is 35.5. The molecule has 2 aliphatic carbocycles. The molecule has 0 unspecified atom stereocenters. The van der Waals surface area contributed by atoms with Gasteiger partial charge in [-0.2, -0.15) is 14.9 Å². The van der Waals surface area contributed by atoms with Gasteiger partial charge >= 0.3 is 11.4 Å². The summed E-state index contributed by atoms with van der Waals surface area (Å²) in [5.41, 5.74) is 13.1. The van der Waals surface area contributed by atoms with E-state index in [0.717, 1.165) is 52.1 Å². The van der Waals surface area contributed by atoms with Gasteiger partial charge in [-0.25, -0.2) is 28.9 Å². The number of carbonyl (C=O) groups is 1. The molecule has 6 aromatic carbocycles. The zero-order valence-corrected chi connectivity index (χ0v) is 42.6. The summed E-state index contributed by atoms with van der Waals surface area (Å²) in [4.78, 5) is 40.9. The summed E-state index contributed by atoms with van der Waals surface area (Å²) in [6, 6.07) is 43.9. The Kier molecular flexibility index (Phi) is 12.1. The van der Waals surface area contributed by atoms with Crippen molar-refractivity contribution in [2.45, 2.75) is 56.1 Å². The van der Waals surface area contributed by atoms with Crippen molar-refractivity contribution in [2.75, 3.05) is 29.7 Å². The van der Waals surface area contributed by atoms with Crippen LogP contribution in [0, 0.1) is 0 Å². The van der Waals surface area contributed by atoms with Crippen LogP contribution in [0.3, 0.4) is 0 Å². The fraction of sp³-hybridized carbons (Fsp3) is 0.218. The van der Waals surface area contributed by atoms with Crippen molar-refractivity contribution in [3.8, 4) is 11.4 Å². The van der Waals surface area contributed by atoms with E-state index in [-0.39, 0.29) is 31.3 Å². The largest absolute Gasteiger partial charge is 0.492 e. The molecule has 4 aliphatic rings. The van der Waals surface area contributed by atoms with Crippen LogP contribution in [-0.2, 0) is 48.1 Å². The molecule has 2 N–H and O–H groups in total. The molecule has 2 atom stereocenters. The topological polar surface area (TPSA) is 163 Å². The number of rotatable bonds is 13. The summed E-state index contributed by atoms with van der Waals surface area (Å²) in [6.45, 7) is 0.948. The highest BCUT2D eigenvalue weighted by molar-refractivity contribution is 6.31. The number of nitrogens with two attached hydrogens (primary N) is 1. The Balaban J connectivity index is 0.858. The lowest BCUT2D eigenvalue weighted by molar-refractivity contribution is -0.118. The van der Waals surface area contributed by atoms with Crippen LogP contribution in [0.2, 0.25) is 20.1 Å². The van der Waals surface area contributed by atoms with Crippen LogP contribution in [0.1, 0.15) is 51.8 Å². The highest BCUT2D eigenvalue weighted by Gasteiger charge is 2.51. The van der Waals surface area contributed by atoms with Gasteiger partial charge in [0.1, 0.15) is 18.9 Å². The van der Waals surface area contributed by atoms with Crippen molar-refractivity contribution in [3.05, 3.63) is 220 Å². The van der Waals surface area contributed by atoms with E-state index in [1.54, 1.807) is 46.0 Å². The van der Waals surface area contributed by atoms with Gasteiger partial charge in [0.15, 0.2) is 0 Å². The third kappa shape index (κ3) is 8.37. The Bertz CT molecular complexity index is 3700. The molecular formula is C55H45Cl4N11O4. The summed E-state index contributed by atoms with van der Waals surface area (Å²) in [5, 5.41) is 26.1. The first-order valence-electron chi connectivity index (χ1n) is 24.1. The molecule has 1 amide bonds. The van der Waals surface area contributed by atoms with Crippen LogP contribution in [0.25, 0.3) is 5.69 Å². The molecule has 15 nitrogen and oxygen atoms in total. The Morgan fingerprint density at radius 3 is 1.76 bits per heavy atom. The van der Waals surface area contributed by atoms with Gasteiger partial charge in [-0.15, -0.1) is 10.2 Å². The normalized spacial score (nSPS) is 18.6. The highest BCUT2D eigenvalue weighted by Crippen LogP contribution is 2.48. The van der Waals surface area contributed by atoms with Crippen LogP contribution >= 0.6 is 46.4 Å². The number of hydrogen-bond acceptors (Lipinski definition) is 10. The summed E-state index contributed by atoms with van der Waals surface area (Å²) >= 11 is 25.2. The first-order chi connectivity index (χ1) is 35.9. The fourth-order valence-electron chi connectivity index (χ4n) is 11.2. The standard InChI is InChI=1S/C55H45Cl4N11O4/c56-39-11-5-34(6-12-39)30-67-52(72)65(50(63-67)68-32-54(25-23-35-3-1-2-4-45(35)54)48(61-68)36-7-13-40(57)14-8-36)27-28-74-44-21-22-46-38(29-44)24-26-55(46)33-69(62-49(55)37-9-15-41(58)16-10-37)51-64-70(43-19-17-42(59)18-20-43)53(73)66(51)31-47(60)71/h1-22,29H,23-28,30-33H2,(H2,60,71)/t54-,55-/m1/s1. The lowest BCUT2D eigenvalue weighted by Crippen LogP contribution is -2.38. The molecule has 0 fully saturated rings. The van der Waals surface area contributed by atoms with Crippen molar-refractivity contribution in [1.29, 1.82) is 0 Å². The number of carbonyl (C=O) groups excluding carboxylic acids is 1. The van der Waals surface area contributed by atoms with E-state index >= 15 is 0 Å². The lowest BCUT2D eigenvalue weighted by Gasteiger charge is -2.27. The number of fused-ring (bicyclic) bond motifs is 4. The van der Waals surface area contributed by atoms with E-state index in [1.807, 2.05) is 77.8 Å². The van der Waals surface area contributed by atoms with Crippen molar-refractivity contribution >= 4 is 75.6 Å². The summed E-state index contributed by atoms with van der Waals surface area (Å²) in [6.07, 6.45) is 3.11. The zero-order valence-electron chi connectivity index (χ0n) is 39.5. The molecule has 372 valence electrons. The summed E-state index contributed by atoms with van der Waals surface area (Å²) in [5.74, 6) is 0.500. The Morgan fingerprint density at radius 2 is 1.15 bits per heavy atom. The second-order valence-electron chi connectivity index (χ2n) is 19.1. The molecule has 4 heterocycles. The van der Waals surface area contributed by atoms with Gasteiger partial charge in [-0.3, -0.25) is 9.36 Å². The van der Waals surface area contributed by atoms with E-state index < -0.39 is 29.0 Å². The number of aryl methyl sites for hydroxylation is 2. The maximum Gasteiger partial charge on any atom is 0.352 e. The lowest BCUT2D eigenvalue weighted by atomic mass is 9.75. The van der Waals surface area contributed by atoms with Crippen LogP contribution < -0.4 is 31.9 Å². The minimum absolute atomic E-state index is 0.151. The number of nitrogens with zero attached hydrogens (tertiary/aromatic N) is 10. The molecule has 2 spiro atoms. The van der Waals surface area contributed by atoms with Crippen LogP contribution in [-0.4, -0.2) is 65.7 Å². The predicted molar refractivity (Wildman–Crippen MR) is 288 cm³/mol. The van der Waals surface area contributed by atoms with Gasteiger partial charge in [0, 0.05) is 20.1 Å². The SMILES string of the molecule is NC(=O)Cn1c(N2C[C@@]3(CCc4cc(OCCn5c(N6C[C@@]7(CCc8ccccc87)C(c7ccc(Cl)cc7)=N6)nn(Cc6ccc(Cl)cc6)c5=O)ccc43)C(c3ccc(Cl)cc3)=N2)nn(-c2ccc(Cl)cc2)c1=O. The molecule has 2 aliphatic heterocycles. The minimum Gasteiger partial charge on any atom is -0.492 e. The molecule has 0 saturated carbocycles. The summed E-state index contributed by atoms with van der Waals surface area (Å²) in [7, 11) is 0. The fourth-order valence-corrected chi connectivity index (χ4v) is 11.7. The monoisotopic (exact) mass is 1060 g/mol. The molecule has 8 aromatic rings. The molecule has 0 bridgehead atoms. The van der Waals surface area contributed by atoms with Gasteiger partial charge in [-0.05, 0) is 137 Å². The van der Waals surface area contributed by atoms with Crippen molar-refractivity contribution in [3.63, 3.8) is 0 Å². The van der Waals surface area contributed by atoms with Gasteiger partial charge in [0.2, 0.25) is 17.8 Å². The first kappa shape index (κ1) is 47.6. The predicted octanol–water partition coefficient (Wildman–Crippen LogP) is 8.84. The average molecular weight is 1070 g/mol. The molecule has 74 heavy (non-hydrogen) atoms. The number of primary amides is 1. The van der Waals surface area contributed by atoms with Gasteiger partial charge in [0.05, 0.1) is 54.1 Å². The number of anilines is 2. The van der Waals surface area contributed by atoms with E-state index in [4.69, 9.17) is 77.3 Å². The quantitative estimate of drug-likeness (QED) is 0.120. The maximum atomic E-state index is 14.5. The van der Waals surface area contributed by atoms with Gasteiger partial charge in [-0.1, -0.05) is 113 Å².